The molecule has 0 saturated carbocycles. The van der Waals surface area contributed by atoms with E-state index in [9.17, 15) is 0 Å². The fraction of sp³-hybridized carbons (Fsp3) is 0.727. The van der Waals surface area contributed by atoms with Crippen LogP contribution in [-0.4, -0.2) is 22.7 Å². The highest BCUT2D eigenvalue weighted by Crippen LogP contribution is 2.27. The lowest BCUT2D eigenvalue weighted by Gasteiger charge is -2.36. The second-order valence-corrected chi connectivity index (χ2v) is 4.33. The Hall–Kier alpha value is -1.03. The van der Waals surface area contributed by atoms with Crippen LogP contribution in [0.15, 0.2) is 10.7 Å². The highest BCUT2D eigenvalue weighted by Gasteiger charge is 2.27. The lowest BCUT2D eigenvalue weighted by molar-refractivity contribution is 0.276. The molecule has 1 aliphatic rings. The van der Waals surface area contributed by atoms with Crippen LogP contribution >= 0.6 is 0 Å². The Morgan fingerprint density at radius 1 is 1.60 bits per heavy atom. The number of aliphatic hydroxyl groups is 1. The van der Waals surface area contributed by atoms with Gasteiger partial charge in [-0.05, 0) is 25.7 Å². The van der Waals surface area contributed by atoms with E-state index in [1.54, 1.807) is 0 Å². The third kappa shape index (κ3) is 2.00. The first-order valence-electron chi connectivity index (χ1n) is 5.54. The molecule has 1 aromatic heterocycles. The maximum absolute atomic E-state index is 8.93. The normalized spacial score (nSPS) is 27.0. The van der Waals surface area contributed by atoms with Gasteiger partial charge in [0.25, 0.3) is 6.01 Å². The summed E-state index contributed by atoms with van der Waals surface area (Å²) in [7, 11) is 0. The van der Waals surface area contributed by atoms with Gasteiger partial charge in [0.2, 0.25) is 0 Å². The molecule has 2 unspecified atom stereocenters. The van der Waals surface area contributed by atoms with E-state index in [4.69, 9.17) is 9.52 Å². The fourth-order valence-corrected chi connectivity index (χ4v) is 2.11. The van der Waals surface area contributed by atoms with Crippen molar-refractivity contribution in [3.05, 3.63) is 12.0 Å². The number of nitrogens with zero attached hydrogens (tertiary/aromatic N) is 2. The molecule has 2 heterocycles. The molecule has 2 rings (SSSR count). The predicted molar refractivity (Wildman–Crippen MR) is 57.6 cm³/mol. The number of hydrogen-bond acceptors (Lipinski definition) is 4. The zero-order valence-corrected chi connectivity index (χ0v) is 9.31. The number of rotatable bonds is 2. The van der Waals surface area contributed by atoms with Crippen LogP contribution in [-0.2, 0) is 6.61 Å². The van der Waals surface area contributed by atoms with E-state index in [0.29, 0.717) is 23.7 Å². The molecule has 0 bridgehead atoms. The molecular formula is C11H18N2O2. The first-order chi connectivity index (χ1) is 7.22. The molecular weight excluding hydrogens is 192 g/mol. The van der Waals surface area contributed by atoms with Crippen LogP contribution in [0, 0.1) is 5.92 Å². The number of piperidine rings is 1. The van der Waals surface area contributed by atoms with Gasteiger partial charge in [-0.25, -0.2) is 0 Å². The van der Waals surface area contributed by atoms with Gasteiger partial charge in [-0.15, -0.1) is 0 Å². The third-order valence-electron chi connectivity index (χ3n) is 3.32. The summed E-state index contributed by atoms with van der Waals surface area (Å²) in [5.41, 5.74) is 0.607. The minimum Gasteiger partial charge on any atom is -0.432 e. The van der Waals surface area contributed by atoms with E-state index in [1.165, 1.54) is 19.1 Å². The van der Waals surface area contributed by atoms with E-state index in [0.717, 1.165) is 6.54 Å². The highest BCUT2D eigenvalue weighted by atomic mass is 16.4. The lowest BCUT2D eigenvalue weighted by Crippen LogP contribution is -2.42. The Kier molecular flexibility index (Phi) is 2.95. The van der Waals surface area contributed by atoms with Crippen molar-refractivity contribution in [1.29, 1.82) is 0 Å². The molecule has 1 N–H and O–H groups in total. The van der Waals surface area contributed by atoms with Crippen LogP contribution in [0.3, 0.4) is 0 Å². The summed E-state index contributed by atoms with van der Waals surface area (Å²) in [5.74, 6) is 0.670. The molecule has 0 amide bonds. The average molecular weight is 210 g/mol. The summed E-state index contributed by atoms with van der Waals surface area (Å²) >= 11 is 0. The molecule has 1 aliphatic heterocycles. The van der Waals surface area contributed by atoms with Crippen molar-refractivity contribution in [3.63, 3.8) is 0 Å². The van der Waals surface area contributed by atoms with Crippen molar-refractivity contribution in [2.45, 2.75) is 39.3 Å². The Morgan fingerprint density at radius 2 is 2.40 bits per heavy atom. The standard InChI is InChI=1S/C11H18N2O2/c1-8-4-3-5-13(9(8)2)11-12-10(6-14)7-15-11/h7-9,14H,3-6H2,1-2H3. The van der Waals surface area contributed by atoms with Crippen molar-refractivity contribution in [2.24, 2.45) is 5.92 Å². The van der Waals surface area contributed by atoms with Crippen LogP contribution in [0.25, 0.3) is 0 Å². The molecule has 0 aliphatic carbocycles. The molecule has 4 nitrogen and oxygen atoms in total. The van der Waals surface area contributed by atoms with Gasteiger partial charge in [0.05, 0.1) is 6.61 Å². The van der Waals surface area contributed by atoms with Gasteiger partial charge < -0.3 is 14.4 Å². The van der Waals surface area contributed by atoms with Gasteiger partial charge in [0, 0.05) is 12.6 Å². The number of oxazole rings is 1. The van der Waals surface area contributed by atoms with Crippen LogP contribution in [0.5, 0.6) is 0 Å². The Bertz CT molecular complexity index is 324. The summed E-state index contributed by atoms with van der Waals surface area (Å²) in [6.07, 6.45) is 3.98. The van der Waals surface area contributed by atoms with Gasteiger partial charge in [-0.1, -0.05) is 6.92 Å². The van der Waals surface area contributed by atoms with Crippen molar-refractivity contribution >= 4 is 6.01 Å². The number of hydrogen-bond donors (Lipinski definition) is 1. The van der Waals surface area contributed by atoms with Gasteiger partial charge in [0.1, 0.15) is 12.0 Å². The van der Waals surface area contributed by atoms with E-state index in [-0.39, 0.29) is 6.61 Å². The first-order valence-corrected chi connectivity index (χ1v) is 5.54. The van der Waals surface area contributed by atoms with E-state index in [1.807, 2.05) is 0 Å². The number of anilines is 1. The lowest BCUT2D eigenvalue weighted by atomic mass is 9.92. The van der Waals surface area contributed by atoms with Gasteiger partial charge in [0.15, 0.2) is 0 Å². The van der Waals surface area contributed by atoms with E-state index in [2.05, 4.69) is 23.7 Å². The quantitative estimate of drug-likeness (QED) is 0.808. The van der Waals surface area contributed by atoms with Gasteiger partial charge >= 0.3 is 0 Å². The predicted octanol–water partition coefficient (Wildman–Crippen LogP) is 1.79. The van der Waals surface area contributed by atoms with Crippen LogP contribution < -0.4 is 4.90 Å². The first kappa shape index (κ1) is 10.5. The van der Waals surface area contributed by atoms with Crippen LogP contribution in [0.4, 0.5) is 6.01 Å². The zero-order chi connectivity index (χ0) is 10.8. The second-order valence-electron chi connectivity index (χ2n) is 4.33. The van der Waals surface area contributed by atoms with Crippen molar-refractivity contribution < 1.29 is 9.52 Å². The molecule has 84 valence electrons. The monoisotopic (exact) mass is 210 g/mol. The fourth-order valence-electron chi connectivity index (χ4n) is 2.11. The minimum absolute atomic E-state index is 0.0543. The molecule has 1 saturated heterocycles. The zero-order valence-electron chi connectivity index (χ0n) is 9.31. The van der Waals surface area contributed by atoms with Crippen molar-refractivity contribution in [1.82, 2.24) is 4.98 Å². The smallest absolute Gasteiger partial charge is 0.297 e. The molecule has 4 heteroatoms. The molecule has 0 aromatic carbocycles. The largest absolute Gasteiger partial charge is 0.432 e. The second kappa shape index (κ2) is 4.23. The highest BCUT2D eigenvalue weighted by molar-refractivity contribution is 5.29. The number of aliphatic hydroxyl groups excluding tert-OH is 1. The van der Waals surface area contributed by atoms with Gasteiger partial charge in [-0.2, -0.15) is 4.98 Å². The summed E-state index contributed by atoms with van der Waals surface area (Å²) in [4.78, 5) is 6.43. The topological polar surface area (TPSA) is 49.5 Å². The van der Waals surface area contributed by atoms with Gasteiger partial charge in [-0.3, -0.25) is 0 Å². The van der Waals surface area contributed by atoms with E-state index >= 15 is 0 Å². The molecule has 2 atom stereocenters. The van der Waals surface area contributed by atoms with Crippen LogP contribution in [0.2, 0.25) is 0 Å². The van der Waals surface area contributed by atoms with Crippen molar-refractivity contribution in [2.75, 3.05) is 11.4 Å². The SMILES string of the molecule is CC1CCCN(c2nc(CO)co2)C1C. The summed E-state index contributed by atoms with van der Waals surface area (Å²) in [6, 6.07) is 1.11. The Labute approximate surface area is 89.9 Å². The summed E-state index contributed by atoms with van der Waals surface area (Å²) in [5, 5.41) is 8.93. The Morgan fingerprint density at radius 3 is 3.07 bits per heavy atom. The molecule has 0 radical (unpaired) electrons. The molecule has 1 fully saturated rings. The van der Waals surface area contributed by atoms with Crippen molar-refractivity contribution in [3.8, 4) is 0 Å². The maximum Gasteiger partial charge on any atom is 0.297 e. The molecule has 0 spiro atoms. The van der Waals surface area contributed by atoms with Crippen LogP contribution in [0.1, 0.15) is 32.4 Å². The van der Waals surface area contributed by atoms with E-state index < -0.39 is 0 Å². The molecule has 1 aromatic rings. The Balaban J connectivity index is 2.14. The summed E-state index contributed by atoms with van der Waals surface area (Å²) in [6.45, 7) is 5.40. The molecule has 15 heavy (non-hydrogen) atoms. The minimum atomic E-state index is -0.0543. The maximum atomic E-state index is 8.93. The number of aromatic nitrogens is 1. The third-order valence-corrected chi connectivity index (χ3v) is 3.32. The summed E-state index contributed by atoms with van der Waals surface area (Å²) < 4.78 is 5.37. The average Bonchev–Trinajstić information content (AvgIpc) is 2.70.